The molecule has 0 radical (unpaired) electrons. The van der Waals surface area contributed by atoms with Gasteiger partial charge in [-0.1, -0.05) is 17.7 Å². The van der Waals surface area contributed by atoms with E-state index in [4.69, 9.17) is 11.6 Å². The van der Waals surface area contributed by atoms with Crippen molar-refractivity contribution in [2.75, 3.05) is 0 Å². The van der Waals surface area contributed by atoms with E-state index in [0.29, 0.717) is 5.56 Å². The van der Waals surface area contributed by atoms with E-state index in [1.54, 1.807) is 30.7 Å². The number of carbonyl (C=O) groups excluding carboxylic acids is 1. The first kappa shape index (κ1) is 17.9. The van der Waals surface area contributed by atoms with E-state index >= 15 is 0 Å². The van der Waals surface area contributed by atoms with Gasteiger partial charge in [-0.25, -0.2) is 5.43 Å². The van der Waals surface area contributed by atoms with Crippen LogP contribution in [0.25, 0.3) is 5.69 Å². The molecule has 0 bridgehead atoms. The lowest BCUT2D eigenvalue weighted by Gasteiger charge is -2.11. The SMILES string of the molecule is Cc1ccc(-n2c(C)cc(/C=N\NC(=O)c3ccncc3)c2C)cc1Cl. The van der Waals surface area contributed by atoms with Gasteiger partial charge in [-0.3, -0.25) is 9.78 Å². The van der Waals surface area contributed by atoms with Crippen molar-refractivity contribution in [3.05, 3.63) is 81.9 Å². The number of hydrogen-bond acceptors (Lipinski definition) is 3. The summed E-state index contributed by atoms with van der Waals surface area (Å²) in [7, 11) is 0. The van der Waals surface area contributed by atoms with E-state index in [1.807, 2.05) is 45.0 Å². The number of rotatable bonds is 4. The van der Waals surface area contributed by atoms with Crippen molar-refractivity contribution >= 4 is 23.7 Å². The minimum absolute atomic E-state index is 0.275. The Morgan fingerprint density at radius 3 is 2.58 bits per heavy atom. The molecule has 2 heterocycles. The zero-order valence-electron chi connectivity index (χ0n) is 14.8. The molecule has 6 heteroatoms. The molecule has 0 fully saturated rings. The summed E-state index contributed by atoms with van der Waals surface area (Å²) >= 11 is 6.26. The average Bonchev–Trinajstić information content (AvgIpc) is 2.92. The topological polar surface area (TPSA) is 59.3 Å². The Balaban J connectivity index is 1.81. The number of aryl methyl sites for hydroxylation is 2. The number of carbonyl (C=O) groups is 1. The Hall–Kier alpha value is -2.92. The summed E-state index contributed by atoms with van der Waals surface area (Å²) in [5.74, 6) is -0.275. The van der Waals surface area contributed by atoms with Gasteiger partial charge < -0.3 is 4.57 Å². The van der Waals surface area contributed by atoms with Crippen molar-refractivity contribution in [1.29, 1.82) is 0 Å². The number of nitrogens with zero attached hydrogens (tertiary/aromatic N) is 3. The molecule has 1 N–H and O–H groups in total. The predicted molar refractivity (Wildman–Crippen MR) is 104 cm³/mol. The highest BCUT2D eigenvalue weighted by molar-refractivity contribution is 6.31. The van der Waals surface area contributed by atoms with Crippen LogP contribution in [0.4, 0.5) is 0 Å². The van der Waals surface area contributed by atoms with Crippen LogP contribution in [0.2, 0.25) is 5.02 Å². The average molecular weight is 367 g/mol. The molecule has 1 aromatic carbocycles. The Morgan fingerprint density at radius 1 is 1.15 bits per heavy atom. The summed E-state index contributed by atoms with van der Waals surface area (Å²) in [5, 5.41) is 4.81. The van der Waals surface area contributed by atoms with E-state index in [-0.39, 0.29) is 5.91 Å². The fourth-order valence-electron chi connectivity index (χ4n) is 2.76. The third kappa shape index (κ3) is 3.68. The maximum Gasteiger partial charge on any atom is 0.271 e. The van der Waals surface area contributed by atoms with Gasteiger partial charge in [0.1, 0.15) is 0 Å². The molecular formula is C20H19ClN4O. The van der Waals surface area contributed by atoms with Crippen molar-refractivity contribution in [3.8, 4) is 5.69 Å². The third-order valence-electron chi connectivity index (χ3n) is 4.20. The first-order chi connectivity index (χ1) is 12.5. The lowest BCUT2D eigenvalue weighted by molar-refractivity contribution is 0.0955. The van der Waals surface area contributed by atoms with Crippen LogP contribution in [0.5, 0.6) is 0 Å². The van der Waals surface area contributed by atoms with Gasteiger partial charge in [0.2, 0.25) is 0 Å². The molecule has 0 saturated carbocycles. The van der Waals surface area contributed by atoms with Gasteiger partial charge in [0.25, 0.3) is 5.91 Å². The van der Waals surface area contributed by atoms with Crippen LogP contribution in [-0.4, -0.2) is 21.7 Å². The maximum atomic E-state index is 12.0. The molecule has 0 aliphatic heterocycles. The molecule has 0 saturated heterocycles. The van der Waals surface area contributed by atoms with Crippen LogP contribution in [0.3, 0.4) is 0 Å². The van der Waals surface area contributed by atoms with Crippen LogP contribution in [0, 0.1) is 20.8 Å². The van der Waals surface area contributed by atoms with Crippen LogP contribution < -0.4 is 5.43 Å². The fraction of sp³-hybridized carbons (Fsp3) is 0.150. The zero-order chi connectivity index (χ0) is 18.7. The van der Waals surface area contributed by atoms with Crippen LogP contribution in [0.15, 0.2) is 53.9 Å². The molecule has 0 atom stereocenters. The van der Waals surface area contributed by atoms with Gasteiger partial charge >= 0.3 is 0 Å². The molecule has 3 rings (SSSR count). The van der Waals surface area contributed by atoms with Crippen molar-refractivity contribution in [3.63, 3.8) is 0 Å². The standard InChI is InChI=1S/C20H19ClN4O/c1-13-4-5-18(11-19(13)21)25-14(2)10-17(15(25)3)12-23-24-20(26)16-6-8-22-9-7-16/h4-12H,1-3H3,(H,24,26)/b23-12-. The van der Waals surface area contributed by atoms with Gasteiger partial charge in [0, 0.05) is 45.6 Å². The Labute approximate surface area is 157 Å². The molecule has 5 nitrogen and oxygen atoms in total. The van der Waals surface area contributed by atoms with Crippen molar-refractivity contribution < 1.29 is 4.79 Å². The van der Waals surface area contributed by atoms with Crippen molar-refractivity contribution in [2.24, 2.45) is 5.10 Å². The first-order valence-electron chi connectivity index (χ1n) is 8.16. The number of benzene rings is 1. The van der Waals surface area contributed by atoms with E-state index in [2.05, 4.69) is 20.1 Å². The molecule has 1 amide bonds. The molecule has 0 aliphatic rings. The molecule has 0 aliphatic carbocycles. The van der Waals surface area contributed by atoms with Gasteiger partial charge in [-0.05, 0) is 56.7 Å². The van der Waals surface area contributed by atoms with E-state index < -0.39 is 0 Å². The predicted octanol–water partition coefficient (Wildman–Crippen LogP) is 4.21. The lowest BCUT2D eigenvalue weighted by Crippen LogP contribution is -2.17. The van der Waals surface area contributed by atoms with Crippen LogP contribution in [-0.2, 0) is 0 Å². The van der Waals surface area contributed by atoms with Crippen molar-refractivity contribution in [1.82, 2.24) is 15.0 Å². The first-order valence-corrected chi connectivity index (χ1v) is 8.54. The van der Waals surface area contributed by atoms with Gasteiger partial charge in [0.15, 0.2) is 0 Å². The monoisotopic (exact) mass is 366 g/mol. The van der Waals surface area contributed by atoms with Gasteiger partial charge in [0.05, 0.1) is 6.21 Å². The summed E-state index contributed by atoms with van der Waals surface area (Å²) < 4.78 is 2.11. The molecule has 3 aromatic rings. The van der Waals surface area contributed by atoms with E-state index in [9.17, 15) is 4.79 Å². The summed E-state index contributed by atoms with van der Waals surface area (Å²) in [4.78, 5) is 15.9. The van der Waals surface area contributed by atoms with Gasteiger partial charge in [-0.15, -0.1) is 0 Å². The minimum Gasteiger partial charge on any atom is -0.318 e. The van der Waals surface area contributed by atoms with E-state index in [0.717, 1.165) is 33.2 Å². The summed E-state index contributed by atoms with van der Waals surface area (Å²) in [6.45, 7) is 6.01. The Kier molecular flexibility index (Phi) is 5.19. The quantitative estimate of drug-likeness (QED) is 0.555. The fourth-order valence-corrected chi connectivity index (χ4v) is 2.94. The largest absolute Gasteiger partial charge is 0.318 e. The molecule has 0 unspecified atom stereocenters. The minimum atomic E-state index is -0.275. The van der Waals surface area contributed by atoms with Crippen LogP contribution in [0.1, 0.15) is 32.9 Å². The number of hydrazone groups is 1. The maximum absolute atomic E-state index is 12.0. The molecule has 2 aromatic heterocycles. The zero-order valence-corrected chi connectivity index (χ0v) is 15.6. The highest BCUT2D eigenvalue weighted by Crippen LogP contribution is 2.24. The summed E-state index contributed by atoms with van der Waals surface area (Å²) in [6.07, 6.45) is 4.78. The number of aromatic nitrogens is 2. The lowest BCUT2D eigenvalue weighted by atomic mass is 10.2. The molecule has 26 heavy (non-hydrogen) atoms. The number of pyridine rings is 1. The second-order valence-electron chi connectivity index (χ2n) is 6.03. The number of nitrogens with one attached hydrogen (secondary N) is 1. The highest BCUT2D eigenvalue weighted by Gasteiger charge is 2.10. The number of hydrogen-bond donors (Lipinski definition) is 1. The summed E-state index contributed by atoms with van der Waals surface area (Å²) in [5.41, 5.74) is 8.08. The van der Waals surface area contributed by atoms with Crippen LogP contribution >= 0.6 is 11.6 Å². The second-order valence-corrected chi connectivity index (χ2v) is 6.44. The smallest absolute Gasteiger partial charge is 0.271 e. The van der Waals surface area contributed by atoms with Crippen molar-refractivity contribution in [2.45, 2.75) is 20.8 Å². The van der Waals surface area contributed by atoms with Gasteiger partial charge in [-0.2, -0.15) is 5.10 Å². The highest BCUT2D eigenvalue weighted by atomic mass is 35.5. The second kappa shape index (κ2) is 7.54. The normalized spacial score (nSPS) is 11.1. The number of amides is 1. The third-order valence-corrected chi connectivity index (χ3v) is 4.60. The molecule has 0 spiro atoms. The van der Waals surface area contributed by atoms with E-state index in [1.165, 1.54) is 0 Å². The Bertz CT molecular complexity index is 977. The molecular weight excluding hydrogens is 348 g/mol. The Morgan fingerprint density at radius 2 is 1.88 bits per heavy atom. The summed E-state index contributed by atoms with van der Waals surface area (Å²) in [6, 6.07) is 11.3. The number of halogens is 1. The molecule has 132 valence electrons.